The molecule has 1 aromatic carbocycles. The van der Waals surface area contributed by atoms with Gasteiger partial charge in [-0.05, 0) is 11.6 Å². The van der Waals surface area contributed by atoms with Crippen LogP contribution in [0, 0.1) is 0 Å². The Morgan fingerprint density at radius 3 is 2.80 bits per heavy atom. The van der Waals surface area contributed by atoms with E-state index < -0.39 is 0 Å². The monoisotopic (exact) mass is 266 g/mol. The number of halogens is 1. The number of hydrogen-bond acceptors (Lipinski definition) is 3. The molecule has 2 N–H and O–H groups in total. The Labute approximate surface area is 96.4 Å². The molecule has 2 aromatic rings. The Hall–Kier alpha value is -1.13. The molecule has 0 saturated heterocycles. The van der Waals surface area contributed by atoms with Crippen LogP contribution in [0.4, 0.5) is 0 Å². The number of benzene rings is 1. The van der Waals surface area contributed by atoms with Gasteiger partial charge in [0, 0.05) is 23.0 Å². The zero-order valence-corrected chi connectivity index (χ0v) is 9.70. The molecular weight excluding hydrogens is 256 g/mol. The van der Waals surface area contributed by atoms with Crippen LogP contribution in [0.5, 0.6) is 0 Å². The van der Waals surface area contributed by atoms with Gasteiger partial charge in [-0.15, -0.1) is 0 Å². The highest BCUT2D eigenvalue weighted by Crippen LogP contribution is 2.20. The standard InChI is InChI=1S/C11H11BrN2O/c12-10-4-2-1-3-8(10)5-11-9(6-13)7-14-15-11/h1-4,7H,5-6,13H2. The minimum absolute atomic E-state index is 0.462. The molecule has 0 aliphatic heterocycles. The first-order valence-electron chi connectivity index (χ1n) is 4.67. The van der Waals surface area contributed by atoms with Gasteiger partial charge >= 0.3 is 0 Å². The van der Waals surface area contributed by atoms with Crippen molar-refractivity contribution in [3.63, 3.8) is 0 Å². The van der Waals surface area contributed by atoms with Crippen molar-refractivity contribution in [1.82, 2.24) is 5.16 Å². The van der Waals surface area contributed by atoms with Crippen molar-refractivity contribution >= 4 is 15.9 Å². The molecule has 0 radical (unpaired) electrons. The molecule has 0 spiro atoms. The molecule has 15 heavy (non-hydrogen) atoms. The van der Waals surface area contributed by atoms with Crippen LogP contribution >= 0.6 is 15.9 Å². The maximum absolute atomic E-state index is 5.58. The summed E-state index contributed by atoms with van der Waals surface area (Å²) < 4.78 is 6.24. The van der Waals surface area contributed by atoms with Gasteiger partial charge in [-0.2, -0.15) is 0 Å². The Morgan fingerprint density at radius 1 is 1.27 bits per heavy atom. The molecule has 0 saturated carbocycles. The van der Waals surface area contributed by atoms with Crippen LogP contribution in [0.3, 0.4) is 0 Å². The van der Waals surface area contributed by atoms with Crippen LogP contribution < -0.4 is 5.73 Å². The number of rotatable bonds is 3. The van der Waals surface area contributed by atoms with Crippen molar-refractivity contribution in [2.45, 2.75) is 13.0 Å². The summed E-state index contributed by atoms with van der Waals surface area (Å²) in [6.07, 6.45) is 2.39. The van der Waals surface area contributed by atoms with Gasteiger partial charge in [-0.1, -0.05) is 39.3 Å². The maximum atomic E-state index is 5.58. The fraction of sp³-hybridized carbons (Fsp3) is 0.182. The summed E-state index contributed by atoms with van der Waals surface area (Å²) in [6, 6.07) is 8.04. The summed E-state index contributed by atoms with van der Waals surface area (Å²) >= 11 is 3.50. The van der Waals surface area contributed by atoms with Gasteiger partial charge in [-0.3, -0.25) is 0 Å². The fourth-order valence-electron chi connectivity index (χ4n) is 1.41. The minimum Gasteiger partial charge on any atom is -0.361 e. The van der Waals surface area contributed by atoms with Crippen LogP contribution in [0.15, 0.2) is 39.5 Å². The third kappa shape index (κ3) is 2.27. The average molecular weight is 267 g/mol. The van der Waals surface area contributed by atoms with E-state index >= 15 is 0 Å². The number of nitrogens with two attached hydrogens (primary N) is 1. The summed E-state index contributed by atoms with van der Waals surface area (Å²) in [5, 5.41) is 3.75. The molecule has 4 heteroatoms. The molecule has 2 rings (SSSR count). The van der Waals surface area contributed by atoms with Crippen molar-refractivity contribution < 1.29 is 4.52 Å². The number of nitrogens with zero attached hydrogens (tertiary/aromatic N) is 1. The van der Waals surface area contributed by atoms with E-state index in [0.29, 0.717) is 13.0 Å². The molecule has 0 unspecified atom stereocenters. The second-order valence-corrected chi connectivity index (χ2v) is 4.10. The SMILES string of the molecule is NCc1cnoc1Cc1ccccc1Br. The average Bonchev–Trinajstić information content (AvgIpc) is 2.69. The second kappa shape index (κ2) is 4.59. The normalized spacial score (nSPS) is 10.5. The smallest absolute Gasteiger partial charge is 0.145 e. The van der Waals surface area contributed by atoms with Gasteiger partial charge in [0.2, 0.25) is 0 Å². The largest absolute Gasteiger partial charge is 0.361 e. The van der Waals surface area contributed by atoms with Crippen molar-refractivity contribution in [3.05, 3.63) is 51.8 Å². The van der Waals surface area contributed by atoms with Gasteiger partial charge in [0.05, 0.1) is 6.20 Å². The van der Waals surface area contributed by atoms with Crippen LogP contribution in [-0.2, 0) is 13.0 Å². The zero-order chi connectivity index (χ0) is 10.7. The number of aromatic nitrogens is 1. The van der Waals surface area contributed by atoms with Gasteiger partial charge in [-0.25, -0.2) is 0 Å². The van der Waals surface area contributed by atoms with Crippen LogP contribution in [-0.4, -0.2) is 5.16 Å². The highest BCUT2D eigenvalue weighted by Gasteiger charge is 2.08. The first-order valence-corrected chi connectivity index (χ1v) is 5.46. The zero-order valence-electron chi connectivity index (χ0n) is 8.11. The lowest BCUT2D eigenvalue weighted by molar-refractivity contribution is 0.388. The molecule has 0 aliphatic carbocycles. The summed E-state index contributed by atoms with van der Waals surface area (Å²) in [7, 11) is 0. The lowest BCUT2D eigenvalue weighted by atomic mass is 10.1. The molecule has 0 amide bonds. The van der Waals surface area contributed by atoms with Gasteiger partial charge < -0.3 is 10.3 Å². The molecule has 1 heterocycles. The van der Waals surface area contributed by atoms with Gasteiger partial charge in [0.1, 0.15) is 5.76 Å². The van der Waals surface area contributed by atoms with Crippen LogP contribution in [0.25, 0.3) is 0 Å². The third-order valence-corrected chi connectivity index (χ3v) is 3.03. The summed E-state index contributed by atoms with van der Waals surface area (Å²) in [4.78, 5) is 0. The summed E-state index contributed by atoms with van der Waals surface area (Å²) in [6.45, 7) is 0.462. The van der Waals surface area contributed by atoms with E-state index in [1.165, 1.54) is 5.56 Å². The Balaban J connectivity index is 2.26. The van der Waals surface area contributed by atoms with E-state index in [4.69, 9.17) is 10.3 Å². The van der Waals surface area contributed by atoms with Crippen molar-refractivity contribution in [1.29, 1.82) is 0 Å². The van der Waals surface area contributed by atoms with Crippen molar-refractivity contribution in [3.8, 4) is 0 Å². The molecule has 78 valence electrons. The molecule has 0 aliphatic rings. The molecular formula is C11H11BrN2O. The van der Waals surface area contributed by atoms with Crippen LogP contribution in [0.1, 0.15) is 16.9 Å². The minimum atomic E-state index is 0.462. The van der Waals surface area contributed by atoms with E-state index in [1.54, 1.807) is 6.20 Å². The Kier molecular flexibility index (Phi) is 3.18. The van der Waals surface area contributed by atoms with E-state index in [9.17, 15) is 0 Å². The van der Waals surface area contributed by atoms with Gasteiger partial charge in [0.25, 0.3) is 0 Å². The maximum Gasteiger partial charge on any atom is 0.145 e. The van der Waals surface area contributed by atoms with E-state index in [0.717, 1.165) is 15.8 Å². The van der Waals surface area contributed by atoms with Gasteiger partial charge in [0.15, 0.2) is 0 Å². The highest BCUT2D eigenvalue weighted by molar-refractivity contribution is 9.10. The highest BCUT2D eigenvalue weighted by atomic mass is 79.9. The predicted molar refractivity (Wildman–Crippen MR) is 61.3 cm³/mol. The summed E-state index contributed by atoms with van der Waals surface area (Å²) in [5.74, 6) is 0.837. The quantitative estimate of drug-likeness (QED) is 0.929. The van der Waals surface area contributed by atoms with E-state index in [1.807, 2.05) is 24.3 Å². The number of hydrogen-bond donors (Lipinski definition) is 1. The summed E-state index contributed by atoms with van der Waals surface area (Å²) in [5.41, 5.74) is 7.71. The molecule has 1 aromatic heterocycles. The molecule has 0 atom stereocenters. The van der Waals surface area contributed by atoms with E-state index in [-0.39, 0.29) is 0 Å². The molecule has 3 nitrogen and oxygen atoms in total. The van der Waals surface area contributed by atoms with Crippen molar-refractivity contribution in [2.75, 3.05) is 0 Å². The van der Waals surface area contributed by atoms with E-state index in [2.05, 4.69) is 21.1 Å². The second-order valence-electron chi connectivity index (χ2n) is 3.25. The fourth-order valence-corrected chi connectivity index (χ4v) is 1.84. The first kappa shape index (κ1) is 10.4. The predicted octanol–water partition coefficient (Wildman–Crippen LogP) is 2.49. The topological polar surface area (TPSA) is 52.0 Å². The Morgan fingerprint density at radius 2 is 2.07 bits per heavy atom. The first-order chi connectivity index (χ1) is 7.31. The molecule has 0 bridgehead atoms. The van der Waals surface area contributed by atoms with Crippen LogP contribution in [0.2, 0.25) is 0 Å². The lowest BCUT2D eigenvalue weighted by Gasteiger charge is -2.02. The van der Waals surface area contributed by atoms with Crippen molar-refractivity contribution in [2.24, 2.45) is 5.73 Å². The molecule has 0 fully saturated rings. The third-order valence-electron chi connectivity index (χ3n) is 2.26. The lowest BCUT2D eigenvalue weighted by Crippen LogP contribution is -1.99. The Bertz CT molecular complexity index is 453.